The van der Waals surface area contributed by atoms with Crippen LogP contribution in [-0.4, -0.2) is 34.6 Å². The highest BCUT2D eigenvalue weighted by Crippen LogP contribution is 2.33. The monoisotopic (exact) mass is 316 g/mol. The maximum atomic E-state index is 11.6. The standard InChI is InChI=1S/C18H24N2O3/c1-12(20(18(22)23)16-11-19-17(16)21)13-7-9-15(10-8-13)14-5-3-2-4-6-14/h7-10,12,14,16H,2-6,11H2,1H3,(H,19,21)(H,22,23)/t12-,16-/m0/s1. The predicted octanol–water partition coefficient (Wildman–Crippen LogP) is 3.27. The molecule has 1 heterocycles. The maximum absolute atomic E-state index is 11.6. The topological polar surface area (TPSA) is 69.6 Å². The summed E-state index contributed by atoms with van der Waals surface area (Å²) >= 11 is 0. The van der Waals surface area contributed by atoms with Crippen molar-refractivity contribution in [2.45, 2.75) is 57.0 Å². The highest BCUT2D eigenvalue weighted by molar-refractivity contribution is 5.90. The van der Waals surface area contributed by atoms with Crippen LogP contribution < -0.4 is 5.32 Å². The highest BCUT2D eigenvalue weighted by Gasteiger charge is 2.39. The van der Waals surface area contributed by atoms with Crippen molar-refractivity contribution in [1.29, 1.82) is 0 Å². The van der Waals surface area contributed by atoms with E-state index in [1.165, 1.54) is 42.6 Å². The van der Waals surface area contributed by atoms with Crippen LogP contribution in [0, 0.1) is 0 Å². The Labute approximate surface area is 136 Å². The zero-order valence-corrected chi connectivity index (χ0v) is 13.5. The molecule has 2 amide bonds. The second kappa shape index (κ2) is 6.60. The fraction of sp³-hybridized carbons (Fsp3) is 0.556. The molecule has 1 aromatic rings. The quantitative estimate of drug-likeness (QED) is 0.838. The summed E-state index contributed by atoms with van der Waals surface area (Å²) in [4.78, 5) is 24.4. The summed E-state index contributed by atoms with van der Waals surface area (Å²) in [6.07, 6.45) is 5.38. The lowest BCUT2D eigenvalue weighted by Crippen LogP contribution is -2.63. The number of hydrogen-bond acceptors (Lipinski definition) is 2. The summed E-state index contributed by atoms with van der Waals surface area (Å²) in [5.41, 5.74) is 2.29. The van der Waals surface area contributed by atoms with Gasteiger partial charge in [0.1, 0.15) is 6.04 Å². The number of carboxylic acid groups (broad SMARTS) is 1. The average molecular weight is 316 g/mol. The molecular weight excluding hydrogens is 292 g/mol. The van der Waals surface area contributed by atoms with Gasteiger partial charge in [-0.2, -0.15) is 0 Å². The minimum Gasteiger partial charge on any atom is -0.465 e. The Morgan fingerprint density at radius 1 is 1.22 bits per heavy atom. The van der Waals surface area contributed by atoms with Gasteiger partial charge in [0.25, 0.3) is 0 Å². The molecule has 0 unspecified atom stereocenters. The molecule has 1 aromatic carbocycles. The van der Waals surface area contributed by atoms with Gasteiger partial charge in [0.05, 0.1) is 6.04 Å². The summed E-state index contributed by atoms with van der Waals surface area (Å²) < 4.78 is 0. The van der Waals surface area contributed by atoms with Crippen molar-refractivity contribution in [2.24, 2.45) is 0 Å². The fourth-order valence-electron chi connectivity index (χ4n) is 3.71. The lowest BCUT2D eigenvalue weighted by molar-refractivity contribution is -0.133. The molecule has 5 heteroatoms. The van der Waals surface area contributed by atoms with Crippen LogP contribution in [0.4, 0.5) is 4.79 Å². The van der Waals surface area contributed by atoms with Gasteiger partial charge in [-0.25, -0.2) is 4.79 Å². The Bertz CT molecular complexity index is 578. The molecule has 1 aliphatic carbocycles. The molecule has 2 fully saturated rings. The van der Waals surface area contributed by atoms with E-state index in [0.29, 0.717) is 12.5 Å². The fourth-order valence-corrected chi connectivity index (χ4v) is 3.71. The molecule has 5 nitrogen and oxygen atoms in total. The second-order valence-corrected chi connectivity index (χ2v) is 6.63. The third-order valence-corrected chi connectivity index (χ3v) is 5.24. The Kier molecular flexibility index (Phi) is 4.55. The molecule has 2 N–H and O–H groups in total. The van der Waals surface area contributed by atoms with Gasteiger partial charge in [0.2, 0.25) is 5.91 Å². The molecule has 2 aliphatic rings. The molecule has 3 rings (SSSR count). The van der Waals surface area contributed by atoms with E-state index in [2.05, 4.69) is 17.4 Å². The number of hydrogen-bond donors (Lipinski definition) is 2. The lowest BCUT2D eigenvalue weighted by atomic mass is 9.83. The van der Waals surface area contributed by atoms with Crippen molar-refractivity contribution >= 4 is 12.0 Å². The molecule has 0 bridgehead atoms. The Morgan fingerprint density at radius 2 is 1.87 bits per heavy atom. The van der Waals surface area contributed by atoms with Crippen LogP contribution in [0.3, 0.4) is 0 Å². The molecule has 1 aliphatic heterocycles. The largest absolute Gasteiger partial charge is 0.465 e. The van der Waals surface area contributed by atoms with Gasteiger partial charge in [-0.1, -0.05) is 43.5 Å². The smallest absolute Gasteiger partial charge is 0.408 e. The molecule has 0 aromatic heterocycles. The van der Waals surface area contributed by atoms with Crippen LogP contribution in [0.15, 0.2) is 24.3 Å². The zero-order chi connectivity index (χ0) is 16.4. The molecule has 23 heavy (non-hydrogen) atoms. The lowest BCUT2D eigenvalue weighted by Gasteiger charge is -2.38. The first-order chi connectivity index (χ1) is 11.1. The van der Waals surface area contributed by atoms with Gasteiger partial charge >= 0.3 is 6.09 Å². The van der Waals surface area contributed by atoms with Gasteiger partial charge in [-0.15, -0.1) is 0 Å². The minimum atomic E-state index is -1.05. The van der Waals surface area contributed by atoms with Crippen LogP contribution in [0.2, 0.25) is 0 Å². The number of nitrogens with zero attached hydrogens (tertiary/aromatic N) is 1. The first-order valence-electron chi connectivity index (χ1n) is 8.46. The summed E-state index contributed by atoms with van der Waals surface area (Å²) in [5.74, 6) is 0.430. The van der Waals surface area contributed by atoms with E-state index in [4.69, 9.17) is 0 Å². The van der Waals surface area contributed by atoms with Gasteiger partial charge < -0.3 is 10.4 Å². The van der Waals surface area contributed by atoms with E-state index in [1.54, 1.807) is 0 Å². The molecule has 124 valence electrons. The molecule has 1 saturated carbocycles. The van der Waals surface area contributed by atoms with Gasteiger partial charge in [0.15, 0.2) is 0 Å². The number of nitrogens with one attached hydrogen (secondary N) is 1. The Balaban J connectivity index is 1.74. The number of rotatable bonds is 4. The van der Waals surface area contributed by atoms with Crippen LogP contribution in [-0.2, 0) is 4.79 Å². The van der Waals surface area contributed by atoms with E-state index in [1.807, 2.05) is 19.1 Å². The van der Waals surface area contributed by atoms with Crippen molar-refractivity contribution < 1.29 is 14.7 Å². The molecule has 1 saturated heterocycles. The molecule has 0 radical (unpaired) electrons. The third-order valence-electron chi connectivity index (χ3n) is 5.24. The van der Waals surface area contributed by atoms with Crippen molar-refractivity contribution in [3.63, 3.8) is 0 Å². The Morgan fingerprint density at radius 3 is 2.35 bits per heavy atom. The second-order valence-electron chi connectivity index (χ2n) is 6.63. The summed E-state index contributed by atoms with van der Waals surface area (Å²) in [5, 5.41) is 12.1. The first kappa shape index (κ1) is 15.8. The normalized spacial score (nSPS) is 22.8. The van der Waals surface area contributed by atoms with Gasteiger partial charge in [-0.05, 0) is 36.8 Å². The van der Waals surface area contributed by atoms with E-state index in [-0.39, 0.29) is 11.9 Å². The highest BCUT2D eigenvalue weighted by atomic mass is 16.4. The van der Waals surface area contributed by atoms with Crippen molar-refractivity contribution in [3.8, 4) is 0 Å². The maximum Gasteiger partial charge on any atom is 0.408 e. The van der Waals surface area contributed by atoms with E-state index >= 15 is 0 Å². The summed E-state index contributed by atoms with van der Waals surface area (Å²) in [7, 11) is 0. The number of benzene rings is 1. The van der Waals surface area contributed by atoms with Gasteiger partial charge in [0, 0.05) is 6.54 Å². The van der Waals surface area contributed by atoms with Crippen LogP contribution in [0.5, 0.6) is 0 Å². The summed E-state index contributed by atoms with van der Waals surface area (Å²) in [6.45, 7) is 2.24. The number of carbonyl (C=O) groups excluding carboxylic acids is 1. The number of β-lactam (4-membered cyclic amide) rings is 1. The van der Waals surface area contributed by atoms with Crippen molar-refractivity contribution in [3.05, 3.63) is 35.4 Å². The number of carbonyl (C=O) groups is 2. The molecule has 2 atom stereocenters. The van der Waals surface area contributed by atoms with Crippen LogP contribution in [0.25, 0.3) is 0 Å². The third kappa shape index (κ3) is 3.19. The van der Waals surface area contributed by atoms with Gasteiger partial charge in [-0.3, -0.25) is 9.69 Å². The SMILES string of the molecule is C[C@@H](c1ccc(C2CCCCC2)cc1)N(C(=O)O)[C@H]1CNC1=O. The minimum absolute atomic E-state index is 0.210. The first-order valence-corrected chi connectivity index (χ1v) is 8.46. The average Bonchev–Trinajstić information content (AvgIpc) is 2.58. The number of amides is 2. The van der Waals surface area contributed by atoms with Crippen molar-refractivity contribution in [2.75, 3.05) is 6.54 Å². The zero-order valence-electron chi connectivity index (χ0n) is 13.5. The van der Waals surface area contributed by atoms with E-state index in [9.17, 15) is 14.7 Å². The Hall–Kier alpha value is -2.04. The van der Waals surface area contributed by atoms with Crippen molar-refractivity contribution in [1.82, 2.24) is 10.2 Å². The van der Waals surface area contributed by atoms with E-state index in [0.717, 1.165) is 5.56 Å². The predicted molar refractivity (Wildman–Crippen MR) is 87.3 cm³/mol. The summed E-state index contributed by atoms with van der Waals surface area (Å²) in [6, 6.07) is 7.39. The van der Waals surface area contributed by atoms with Crippen LogP contribution >= 0.6 is 0 Å². The molecule has 0 spiro atoms. The van der Waals surface area contributed by atoms with E-state index < -0.39 is 12.1 Å². The van der Waals surface area contributed by atoms with Crippen LogP contribution in [0.1, 0.15) is 62.1 Å². The molecular formula is C18H24N2O3.